The Morgan fingerprint density at radius 1 is 1.10 bits per heavy atom. The number of methoxy groups -OCH3 is 1. The lowest BCUT2D eigenvalue weighted by molar-refractivity contribution is -0.285. The molecular formula is C20H21ClN2O8. The van der Waals surface area contributed by atoms with Gasteiger partial charge in [-0.2, -0.15) is 0 Å². The van der Waals surface area contributed by atoms with Crippen molar-refractivity contribution in [1.82, 2.24) is 9.97 Å². The lowest BCUT2D eigenvalue weighted by Crippen LogP contribution is -2.54. The number of carbonyl (C=O) groups is 1. The number of rotatable bonds is 5. The van der Waals surface area contributed by atoms with Crippen LogP contribution in [0.4, 0.5) is 0 Å². The Hall–Kier alpha value is -2.34. The van der Waals surface area contributed by atoms with Gasteiger partial charge in [0.1, 0.15) is 30.2 Å². The van der Waals surface area contributed by atoms with E-state index in [0.29, 0.717) is 16.3 Å². The highest BCUT2D eigenvalue weighted by atomic mass is 35.5. The second kappa shape index (κ2) is 8.65. The van der Waals surface area contributed by atoms with Gasteiger partial charge >= 0.3 is 5.97 Å². The Kier molecular flexibility index (Phi) is 6.11. The molecule has 1 saturated heterocycles. The van der Waals surface area contributed by atoms with Gasteiger partial charge in [0, 0.05) is 5.56 Å². The fourth-order valence-corrected chi connectivity index (χ4v) is 3.37. The lowest BCUT2D eigenvalue weighted by atomic mass is 9.98. The number of hydrogen-bond acceptors (Lipinski definition) is 10. The van der Waals surface area contributed by atoms with Crippen molar-refractivity contribution in [1.29, 1.82) is 0 Å². The fraction of sp³-hybridized carbons (Fsp3) is 0.450. The number of carbonyl (C=O) groups excluding carboxylic acids is 1. The Bertz CT molecular complexity index is 986. The molecule has 0 amide bonds. The third-order valence-corrected chi connectivity index (χ3v) is 5.32. The summed E-state index contributed by atoms with van der Waals surface area (Å²) in [4.78, 5) is 20.5. The second-order valence-electron chi connectivity index (χ2n) is 7.37. The van der Waals surface area contributed by atoms with Crippen molar-refractivity contribution >= 4 is 17.6 Å². The second-order valence-corrected chi connectivity index (χ2v) is 7.78. The lowest BCUT2D eigenvalue weighted by Gasteiger charge is -2.37. The quantitative estimate of drug-likeness (QED) is 0.474. The molecule has 1 saturated carbocycles. The summed E-state index contributed by atoms with van der Waals surface area (Å²) in [5.41, 5.74) is 0.646. The number of nitrogens with zero attached hydrogens (tertiary/aromatic N) is 2. The van der Waals surface area contributed by atoms with Crippen molar-refractivity contribution in [3.8, 4) is 17.0 Å². The molecule has 0 bridgehead atoms. The fourth-order valence-electron chi connectivity index (χ4n) is 3.15. The Labute approximate surface area is 182 Å². The first-order valence-corrected chi connectivity index (χ1v) is 9.98. The van der Waals surface area contributed by atoms with Gasteiger partial charge in [0.25, 0.3) is 0 Å². The maximum absolute atomic E-state index is 12.1. The van der Waals surface area contributed by atoms with E-state index in [1.807, 2.05) is 0 Å². The molecule has 2 fully saturated rings. The number of benzene rings is 1. The van der Waals surface area contributed by atoms with Crippen LogP contribution >= 0.6 is 11.6 Å². The highest BCUT2D eigenvalue weighted by molar-refractivity contribution is 6.32. The molecule has 2 aromatic rings. The number of esters is 1. The van der Waals surface area contributed by atoms with E-state index in [0.717, 1.165) is 12.8 Å². The first kappa shape index (κ1) is 21.9. The molecule has 10 nitrogen and oxygen atoms in total. The number of aromatic nitrogens is 2. The first-order valence-electron chi connectivity index (χ1n) is 9.60. The maximum atomic E-state index is 12.1. The Morgan fingerprint density at radius 2 is 1.84 bits per heavy atom. The van der Waals surface area contributed by atoms with Gasteiger partial charge in [-0.15, -0.1) is 0 Å². The van der Waals surface area contributed by atoms with E-state index in [9.17, 15) is 25.2 Å². The minimum atomic E-state index is -1.79. The molecule has 166 valence electrons. The van der Waals surface area contributed by atoms with Gasteiger partial charge in [-0.3, -0.25) is 0 Å². The summed E-state index contributed by atoms with van der Waals surface area (Å²) in [6, 6.07) is 6.37. The van der Waals surface area contributed by atoms with Crippen LogP contribution in [-0.2, 0) is 9.47 Å². The van der Waals surface area contributed by atoms with Crippen LogP contribution < -0.4 is 4.74 Å². The van der Waals surface area contributed by atoms with Crippen molar-refractivity contribution in [2.24, 2.45) is 0 Å². The molecule has 0 radical (unpaired) electrons. The molecule has 11 heteroatoms. The van der Waals surface area contributed by atoms with E-state index in [1.165, 1.54) is 13.2 Å². The van der Waals surface area contributed by atoms with E-state index < -0.39 is 36.7 Å². The number of ether oxygens (including phenoxy) is 3. The Morgan fingerprint density at radius 3 is 2.48 bits per heavy atom. The Balaban J connectivity index is 1.73. The predicted molar refractivity (Wildman–Crippen MR) is 105 cm³/mol. The predicted octanol–water partition coefficient (Wildman–Crippen LogP) is 0.597. The number of aliphatic hydroxyl groups excluding tert-OH is 4. The van der Waals surface area contributed by atoms with Gasteiger partial charge < -0.3 is 34.6 Å². The van der Waals surface area contributed by atoms with Crippen LogP contribution in [0.15, 0.2) is 24.3 Å². The molecule has 4 N–H and O–H groups in total. The minimum absolute atomic E-state index is 0.136. The van der Waals surface area contributed by atoms with Crippen LogP contribution in [0.3, 0.4) is 0 Å². The van der Waals surface area contributed by atoms with Crippen LogP contribution in [0.1, 0.15) is 35.3 Å². The topological polar surface area (TPSA) is 151 Å². The zero-order chi connectivity index (χ0) is 22.3. The molecular weight excluding hydrogens is 432 g/mol. The molecule has 1 aromatic heterocycles. The third kappa shape index (κ3) is 4.49. The summed E-state index contributed by atoms with van der Waals surface area (Å²) in [5, 5.41) is 40.2. The van der Waals surface area contributed by atoms with E-state index in [2.05, 4.69) is 9.97 Å². The van der Waals surface area contributed by atoms with Crippen molar-refractivity contribution < 1.29 is 39.4 Å². The molecule has 5 atom stereocenters. The van der Waals surface area contributed by atoms with Gasteiger partial charge in [-0.25, -0.2) is 14.8 Å². The van der Waals surface area contributed by atoms with Gasteiger partial charge in [0.15, 0.2) is 17.8 Å². The van der Waals surface area contributed by atoms with Crippen molar-refractivity contribution in [2.75, 3.05) is 7.11 Å². The molecule has 1 aliphatic heterocycles. The van der Waals surface area contributed by atoms with E-state index in [1.54, 1.807) is 18.2 Å². The average molecular weight is 453 g/mol. The molecule has 1 unspecified atom stereocenters. The minimum Gasteiger partial charge on any atom is -0.489 e. The van der Waals surface area contributed by atoms with Gasteiger partial charge in [0.2, 0.25) is 0 Å². The standard InChI is InChI=1S/C20H21ClN2O8/c1-29-19(27)12-7-11(8-2-5-13(10(21)6-8)30-9-3-4-9)22-18(23-12)17-15(25)14(24)16(26)20(28)31-17/h2,5-7,9,14-17,20,24-26,28H,3-4H2,1H3/t14-,15-,16+,17-,20?/m0/s1. The average Bonchev–Trinajstić information content (AvgIpc) is 3.59. The molecule has 2 aliphatic rings. The highest BCUT2D eigenvalue weighted by Crippen LogP contribution is 2.36. The summed E-state index contributed by atoms with van der Waals surface area (Å²) in [6.45, 7) is 0. The summed E-state index contributed by atoms with van der Waals surface area (Å²) in [5.74, 6) is -0.428. The smallest absolute Gasteiger partial charge is 0.356 e. The first-order chi connectivity index (χ1) is 14.8. The zero-order valence-corrected chi connectivity index (χ0v) is 17.1. The van der Waals surface area contributed by atoms with Gasteiger partial charge in [-0.1, -0.05) is 11.6 Å². The van der Waals surface area contributed by atoms with Crippen LogP contribution in [-0.4, -0.2) is 74.2 Å². The summed E-state index contributed by atoms with van der Waals surface area (Å²) < 4.78 is 15.6. The highest BCUT2D eigenvalue weighted by Gasteiger charge is 2.45. The summed E-state index contributed by atoms with van der Waals surface area (Å²) in [7, 11) is 1.18. The summed E-state index contributed by atoms with van der Waals surface area (Å²) >= 11 is 6.33. The van der Waals surface area contributed by atoms with E-state index in [4.69, 9.17) is 25.8 Å². The largest absolute Gasteiger partial charge is 0.489 e. The molecule has 2 heterocycles. The molecule has 1 aliphatic carbocycles. The van der Waals surface area contributed by atoms with Crippen LogP contribution in [0.25, 0.3) is 11.3 Å². The third-order valence-electron chi connectivity index (χ3n) is 5.03. The molecule has 31 heavy (non-hydrogen) atoms. The van der Waals surface area contributed by atoms with Crippen LogP contribution in [0.5, 0.6) is 5.75 Å². The molecule has 1 aromatic carbocycles. The molecule has 4 rings (SSSR count). The van der Waals surface area contributed by atoms with Crippen molar-refractivity contribution in [3.05, 3.63) is 40.8 Å². The number of halogens is 1. The monoisotopic (exact) mass is 452 g/mol. The number of hydrogen-bond donors (Lipinski definition) is 4. The van der Waals surface area contributed by atoms with Gasteiger partial charge in [0.05, 0.1) is 23.9 Å². The SMILES string of the molecule is COC(=O)c1cc(-c2ccc(OC3CC3)c(Cl)c2)nc([C@H]2OC(O)[C@H](O)[C@@H](O)[C@@H]2O)n1. The van der Waals surface area contributed by atoms with Crippen molar-refractivity contribution in [2.45, 2.75) is 49.7 Å². The van der Waals surface area contributed by atoms with Crippen LogP contribution in [0, 0.1) is 0 Å². The number of aliphatic hydroxyl groups is 4. The van der Waals surface area contributed by atoms with E-state index >= 15 is 0 Å². The maximum Gasteiger partial charge on any atom is 0.356 e. The van der Waals surface area contributed by atoms with Crippen molar-refractivity contribution in [3.63, 3.8) is 0 Å². The van der Waals surface area contributed by atoms with Crippen LogP contribution in [0.2, 0.25) is 5.02 Å². The molecule has 0 spiro atoms. The summed E-state index contributed by atoms with van der Waals surface area (Å²) in [6.07, 6.45) is -6.16. The van der Waals surface area contributed by atoms with Gasteiger partial charge in [-0.05, 0) is 37.1 Å². The zero-order valence-electron chi connectivity index (χ0n) is 16.4. The normalized spacial score (nSPS) is 28.3. The van der Waals surface area contributed by atoms with E-state index in [-0.39, 0.29) is 23.3 Å².